The van der Waals surface area contributed by atoms with Crippen molar-refractivity contribution in [3.05, 3.63) is 34.9 Å². The summed E-state index contributed by atoms with van der Waals surface area (Å²) in [4.78, 5) is 11.7. The van der Waals surface area contributed by atoms with Crippen LogP contribution in [0.1, 0.15) is 31.4 Å². The van der Waals surface area contributed by atoms with E-state index in [0.29, 0.717) is 18.2 Å². The molecule has 5 heteroatoms. The second-order valence-corrected chi connectivity index (χ2v) is 4.70. The summed E-state index contributed by atoms with van der Waals surface area (Å²) in [6.45, 7) is 3.29. The van der Waals surface area contributed by atoms with Crippen LogP contribution >= 0.6 is 11.6 Å². The van der Waals surface area contributed by atoms with Crippen LogP contribution in [-0.4, -0.2) is 26.3 Å². The lowest BCUT2D eigenvalue weighted by Gasteiger charge is -2.18. The van der Waals surface area contributed by atoms with Gasteiger partial charge >= 0.3 is 6.03 Å². The van der Waals surface area contributed by atoms with E-state index < -0.39 is 0 Å². The average molecular weight is 285 g/mol. The highest BCUT2D eigenvalue weighted by atomic mass is 35.5. The number of benzene rings is 1. The quantitative estimate of drug-likeness (QED) is 0.756. The van der Waals surface area contributed by atoms with Crippen LogP contribution in [0.5, 0.6) is 0 Å². The molecule has 1 aromatic carbocycles. The fourth-order valence-corrected chi connectivity index (χ4v) is 1.87. The second kappa shape index (κ2) is 8.77. The lowest BCUT2D eigenvalue weighted by Crippen LogP contribution is -2.38. The minimum absolute atomic E-state index is 0.000285. The van der Waals surface area contributed by atoms with E-state index in [1.54, 1.807) is 7.11 Å². The van der Waals surface area contributed by atoms with Crippen LogP contribution in [0.2, 0.25) is 5.02 Å². The molecule has 0 radical (unpaired) electrons. The third-order valence-electron chi connectivity index (χ3n) is 2.80. The standard InChI is InChI=1S/C14H21ClN2O2/c1-3-13(11-5-7-12(15)8-6-11)17-14(18)16-9-4-10-19-2/h5-8,13H,3-4,9-10H2,1-2H3,(H2,16,17,18)/t13-/m1/s1. The third-order valence-corrected chi connectivity index (χ3v) is 3.05. The maximum atomic E-state index is 11.7. The number of ether oxygens (including phenoxy) is 1. The number of methoxy groups -OCH3 is 1. The molecule has 1 atom stereocenters. The van der Waals surface area contributed by atoms with Gasteiger partial charge in [-0.25, -0.2) is 4.79 Å². The Morgan fingerprint density at radius 2 is 2.05 bits per heavy atom. The van der Waals surface area contributed by atoms with Crippen molar-refractivity contribution in [1.29, 1.82) is 0 Å². The first-order valence-corrected chi connectivity index (χ1v) is 6.84. The first-order chi connectivity index (χ1) is 9.17. The Hall–Kier alpha value is -1.26. The first kappa shape index (κ1) is 15.8. The van der Waals surface area contributed by atoms with Crippen molar-refractivity contribution in [2.75, 3.05) is 20.3 Å². The molecule has 0 bridgehead atoms. The minimum atomic E-state index is -0.155. The van der Waals surface area contributed by atoms with Crippen LogP contribution in [0.4, 0.5) is 4.79 Å². The van der Waals surface area contributed by atoms with Gasteiger partial charge in [0, 0.05) is 25.3 Å². The van der Waals surface area contributed by atoms with E-state index in [-0.39, 0.29) is 12.1 Å². The van der Waals surface area contributed by atoms with E-state index in [2.05, 4.69) is 10.6 Å². The molecule has 0 unspecified atom stereocenters. The zero-order valence-electron chi connectivity index (χ0n) is 11.4. The van der Waals surface area contributed by atoms with Gasteiger partial charge in [-0.2, -0.15) is 0 Å². The number of nitrogens with one attached hydrogen (secondary N) is 2. The Morgan fingerprint density at radius 1 is 1.37 bits per heavy atom. The molecule has 0 saturated carbocycles. The number of carbonyl (C=O) groups excluding carboxylic acids is 1. The summed E-state index contributed by atoms with van der Waals surface area (Å²) in [5.41, 5.74) is 1.05. The van der Waals surface area contributed by atoms with Gasteiger partial charge in [-0.3, -0.25) is 0 Å². The Morgan fingerprint density at radius 3 is 2.63 bits per heavy atom. The topological polar surface area (TPSA) is 50.4 Å². The number of rotatable bonds is 7. The molecule has 2 N–H and O–H groups in total. The van der Waals surface area contributed by atoms with Crippen LogP contribution < -0.4 is 10.6 Å². The van der Waals surface area contributed by atoms with Gasteiger partial charge in [-0.1, -0.05) is 30.7 Å². The largest absolute Gasteiger partial charge is 0.385 e. The molecule has 0 aliphatic rings. The van der Waals surface area contributed by atoms with Crippen molar-refractivity contribution in [1.82, 2.24) is 10.6 Å². The number of carbonyl (C=O) groups is 1. The van der Waals surface area contributed by atoms with Gasteiger partial charge in [0.1, 0.15) is 0 Å². The van der Waals surface area contributed by atoms with Gasteiger partial charge in [0.25, 0.3) is 0 Å². The molecule has 0 spiro atoms. The van der Waals surface area contributed by atoms with E-state index in [9.17, 15) is 4.79 Å². The summed E-state index contributed by atoms with van der Waals surface area (Å²) in [6.07, 6.45) is 1.63. The summed E-state index contributed by atoms with van der Waals surface area (Å²) in [7, 11) is 1.65. The highest BCUT2D eigenvalue weighted by Gasteiger charge is 2.11. The molecule has 2 amide bonds. The van der Waals surface area contributed by atoms with Crippen LogP contribution in [0, 0.1) is 0 Å². The van der Waals surface area contributed by atoms with E-state index >= 15 is 0 Å². The molecule has 0 heterocycles. The van der Waals surface area contributed by atoms with Crippen LogP contribution in [0.3, 0.4) is 0 Å². The highest BCUT2D eigenvalue weighted by Crippen LogP contribution is 2.18. The molecule has 19 heavy (non-hydrogen) atoms. The molecule has 1 aromatic rings. The SMILES string of the molecule is CC[C@@H](NC(=O)NCCCOC)c1ccc(Cl)cc1. The maximum absolute atomic E-state index is 11.7. The van der Waals surface area contributed by atoms with Crippen molar-refractivity contribution in [3.8, 4) is 0 Å². The minimum Gasteiger partial charge on any atom is -0.385 e. The lowest BCUT2D eigenvalue weighted by molar-refractivity contribution is 0.193. The van der Waals surface area contributed by atoms with Gasteiger partial charge in [0.2, 0.25) is 0 Å². The van der Waals surface area contributed by atoms with Crippen molar-refractivity contribution < 1.29 is 9.53 Å². The average Bonchev–Trinajstić information content (AvgIpc) is 2.42. The summed E-state index contributed by atoms with van der Waals surface area (Å²) in [5.74, 6) is 0. The molecular weight excluding hydrogens is 264 g/mol. The maximum Gasteiger partial charge on any atom is 0.315 e. The summed E-state index contributed by atoms with van der Waals surface area (Å²) < 4.78 is 4.92. The molecular formula is C14H21ClN2O2. The summed E-state index contributed by atoms with van der Waals surface area (Å²) >= 11 is 5.85. The van der Waals surface area contributed by atoms with Crippen molar-refractivity contribution in [2.45, 2.75) is 25.8 Å². The number of hydrogen-bond donors (Lipinski definition) is 2. The Balaban J connectivity index is 2.43. The molecule has 0 aliphatic carbocycles. The van der Waals surface area contributed by atoms with Gasteiger partial charge < -0.3 is 15.4 Å². The van der Waals surface area contributed by atoms with Gasteiger partial charge in [0.05, 0.1) is 6.04 Å². The molecule has 4 nitrogen and oxygen atoms in total. The molecule has 1 rings (SSSR count). The Kier molecular flexibility index (Phi) is 7.30. The molecule has 0 aliphatic heterocycles. The molecule has 0 saturated heterocycles. The van der Waals surface area contributed by atoms with Crippen molar-refractivity contribution in [2.24, 2.45) is 0 Å². The fourth-order valence-electron chi connectivity index (χ4n) is 1.74. The monoisotopic (exact) mass is 284 g/mol. The van der Waals surface area contributed by atoms with Gasteiger partial charge in [-0.05, 0) is 30.5 Å². The predicted molar refractivity (Wildman–Crippen MR) is 77.5 cm³/mol. The van der Waals surface area contributed by atoms with Gasteiger partial charge in [-0.15, -0.1) is 0 Å². The second-order valence-electron chi connectivity index (χ2n) is 4.26. The first-order valence-electron chi connectivity index (χ1n) is 6.46. The van der Waals surface area contributed by atoms with Crippen LogP contribution in [0.15, 0.2) is 24.3 Å². The zero-order chi connectivity index (χ0) is 14.1. The van der Waals surface area contributed by atoms with Crippen LogP contribution in [0.25, 0.3) is 0 Å². The Labute approximate surface area is 119 Å². The fraction of sp³-hybridized carbons (Fsp3) is 0.500. The number of hydrogen-bond acceptors (Lipinski definition) is 2. The predicted octanol–water partition coefficient (Wildman–Crippen LogP) is 3.13. The zero-order valence-corrected chi connectivity index (χ0v) is 12.2. The number of amides is 2. The van der Waals surface area contributed by atoms with Crippen molar-refractivity contribution >= 4 is 17.6 Å². The van der Waals surface area contributed by atoms with E-state index in [1.807, 2.05) is 31.2 Å². The number of urea groups is 1. The van der Waals surface area contributed by atoms with E-state index in [0.717, 1.165) is 18.4 Å². The Bertz CT molecular complexity index is 382. The highest BCUT2D eigenvalue weighted by molar-refractivity contribution is 6.30. The van der Waals surface area contributed by atoms with E-state index in [4.69, 9.17) is 16.3 Å². The normalized spacial score (nSPS) is 11.9. The number of halogens is 1. The van der Waals surface area contributed by atoms with Crippen LogP contribution in [-0.2, 0) is 4.74 Å². The summed E-state index contributed by atoms with van der Waals surface area (Å²) in [6, 6.07) is 7.37. The third kappa shape index (κ3) is 5.94. The summed E-state index contributed by atoms with van der Waals surface area (Å²) in [5, 5.41) is 6.45. The lowest BCUT2D eigenvalue weighted by atomic mass is 10.1. The smallest absolute Gasteiger partial charge is 0.315 e. The van der Waals surface area contributed by atoms with E-state index in [1.165, 1.54) is 0 Å². The molecule has 106 valence electrons. The molecule has 0 aromatic heterocycles. The van der Waals surface area contributed by atoms with Crippen molar-refractivity contribution in [3.63, 3.8) is 0 Å². The molecule has 0 fully saturated rings. The van der Waals surface area contributed by atoms with Gasteiger partial charge in [0.15, 0.2) is 0 Å².